The molecular formula is C20H23N5O3. The van der Waals surface area contributed by atoms with E-state index in [0.29, 0.717) is 25.3 Å². The molecular weight excluding hydrogens is 358 g/mol. The second kappa shape index (κ2) is 8.24. The predicted octanol–water partition coefficient (Wildman–Crippen LogP) is 2.22. The SMILES string of the molecule is O=C(OC[C@@H]1CCCCN1c1ccncn1)c1ccc(N2CCNC2=O)cc1. The van der Waals surface area contributed by atoms with Crippen molar-refractivity contribution < 1.29 is 14.3 Å². The number of hydrogen-bond acceptors (Lipinski definition) is 6. The van der Waals surface area contributed by atoms with Gasteiger partial charge in [-0.2, -0.15) is 0 Å². The van der Waals surface area contributed by atoms with Gasteiger partial charge in [0.1, 0.15) is 18.8 Å². The summed E-state index contributed by atoms with van der Waals surface area (Å²) in [7, 11) is 0. The van der Waals surface area contributed by atoms with Gasteiger partial charge < -0.3 is 15.0 Å². The number of benzene rings is 1. The summed E-state index contributed by atoms with van der Waals surface area (Å²) in [4.78, 5) is 36.3. The van der Waals surface area contributed by atoms with Crippen LogP contribution in [0.15, 0.2) is 42.9 Å². The summed E-state index contributed by atoms with van der Waals surface area (Å²) in [6, 6.07) is 8.83. The fraction of sp³-hybridized carbons (Fsp3) is 0.400. The number of esters is 1. The van der Waals surface area contributed by atoms with E-state index in [1.807, 2.05) is 6.07 Å². The first-order chi connectivity index (χ1) is 13.7. The number of nitrogens with one attached hydrogen (secondary N) is 1. The highest BCUT2D eigenvalue weighted by Crippen LogP contribution is 2.23. The number of carbonyl (C=O) groups is 2. The summed E-state index contributed by atoms with van der Waals surface area (Å²) in [6.45, 7) is 2.47. The van der Waals surface area contributed by atoms with Crippen molar-refractivity contribution in [3.8, 4) is 0 Å². The predicted molar refractivity (Wildman–Crippen MR) is 104 cm³/mol. The summed E-state index contributed by atoms with van der Waals surface area (Å²) in [6.07, 6.45) is 6.42. The number of ether oxygens (including phenoxy) is 1. The van der Waals surface area contributed by atoms with Crippen molar-refractivity contribution in [3.05, 3.63) is 48.4 Å². The Kier molecular flexibility index (Phi) is 5.36. The molecule has 1 atom stereocenters. The molecule has 2 amide bonds. The standard InChI is InChI=1S/C20H23N5O3/c26-19(15-4-6-16(7-5-15)25-12-10-22-20(25)27)28-13-17-3-1-2-11-24(17)18-8-9-21-14-23-18/h4-9,14,17H,1-3,10-13H2,(H,22,27)/t17-/m0/s1. The highest BCUT2D eigenvalue weighted by molar-refractivity contribution is 5.95. The average molecular weight is 381 g/mol. The summed E-state index contributed by atoms with van der Waals surface area (Å²) in [5.41, 5.74) is 1.25. The fourth-order valence-corrected chi connectivity index (χ4v) is 3.68. The smallest absolute Gasteiger partial charge is 0.338 e. The van der Waals surface area contributed by atoms with Gasteiger partial charge in [0.05, 0.1) is 11.6 Å². The zero-order valence-corrected chi connectivity index (χ0v) is 15.6. The van der Waals surface area contributed by atoms with Crippen LogP contribution in [-0.4, -0.2) is 54.3 Å². The van der Waals surface area contributed by atoms with Crippen molar-refractivity contribution in [3.63, 3.8) is 0 Å². The second-order valence-electron chi connectivity index (χ2n) is 6.94. The number of aromatic nitrogens is 2. The van der Waals surface area contributed by atoms with Gasteiger partial charge in [-0.15, -0.1) is 0 Å². The zero-order chi connectivity index (χ0) is 19.3. The van der Waals surface area contributed by atoms with Crippen LogP contribution in [0.25, 0.3) is 0 Å². The first-order valence-electron chi connectivity index (χ1n) is 9.57. The molecule has 3 heterocycles. The van der Waals surface area contributed by atoms with E-state index in [2.05, 4.69) is 20.2 Å². The van der Waals surface area contributed by atoms with Crippen LogP contribution in [0.1, 0.15) is 29.6 Å². The van der Waals surface area contributed by atoms with Gasteiger partial charge in [0.2, 0.25) is 0 Å². The monoisotopic (exact) mass is 381 g/mol. The van der Waals surface area contributed by atoms with Crippen molar-refractivity contribution in [1.82, 2.24) is 15.3 Å². The van der Waals surface area contributed by atoms with E-state index in [4.69, 9.17) is 4.74 Å². The van der Waals surface area contributed by atoms with Crippen molar-refractivity contribution in [2.45, 2.75) is 25.3 Å². The molecule has 2 saturated heterocycles. The number of hydrogen-bond donors (Lipinski definition) is 1. The van der Waals surface area contributed by atoms with Gasteiger partial charge in [0.25, 0.3) is 0 Å². The second-order valence-corrected chi connectivity index (χ2v) is 6.94. The Bertz CT molecular complexity index is 827. The van der Waals surface area contributed by atoms with Gasteiger partial charge in [-0.1, -0.05) is 0 Å². The molecule has 0 radical (unpaired) electrons. The minimum atomic E-state index is -0.356. The molecule has 1 aromatic carbocycles. The van der Waals surface area contributed by atoms with E-state index in [-0.39, 0.29) is 18.0 Å². The minimum absolute atomic E-state index is 0.111. The third-order valence-electron chi connectivity index (χ3n) is 5.17. The van der Waals surface area contributed by atoms with Crippen molar-refractivity contribution in [2.24, 2.45) is 0 Å². The molecule has 1 N–H and O–H groups in total. The van der Waals surface area contributed by atoms with Gasteiger partial charge in [-0.05, 0) is 49.6 Å². The van der Waals surface area contributed by atoms with Gasteiger partial charge in [-0.25, -0.2) is 19.6 Å². The maximum Gasteiger partial charge on any atom is 0.338 e. The van der Waals surface area contributed by atoms with Gasteiger partial charge in [-0.3, -0.25) is 4.90 Å². The molecule has 28 heavy (non-hydrogen) atoms. The molecule has 4 rings (SSSR count). The van der Waals surface area contributed by atoms with Crippen molar-refractivity contribution in [1.29, 1.82) is 0 Å². The first kappa shape index (κ1) is 18.2. The van der Waals surface area contributed by atoms with E-state index in [0.717, 1.165) is 37.3 Å². The normalized spacial score (nSPS) is 19.4. The molecule has 0 spiro atoms. The third kappa shape index (κ3) is 3.90. The number of anilines is 2. The molecule has 2 aromatic rings. The quantitative estimate of drug-likeness (QED) is 0.799. The van der Waals surface area contributed by atoms with Gasteiger partial charge in [0, 0.05) is 31.5 Å². The Labute approximate surface area is 163 Å². The number of piperidine rings is 1. The summed E-state index contributed by atoms with van der Waals surface area (Å²) in [5, 5.41) is 2.76. The number of nitrogens with zero attached hydrogens (tertiary/aromatic N) is 4. The number of rotatable bonds is 5. The minimum Gasteiger partial charge on any atom is -0.460 e. The van der Waals surface area contributed by atoms with E-state index < -0.39 is 0 Å². The Morgan fingerprint density at radius 1 is 1.18 bits per heavy atom. The summed E-state index contributed by atoms with van der Waals surface area (Å²) < 4.78 is 5.59. The largest absolute Gasteiger partial charge is 0.460 e. The maximum absolute atomic E-state index is 12.5. The van der Waals surface area contributed by atoms with Crippen LogP contribution in [0.3, 0.4) is 0 Å². The van der Waals surface area contributed by atoms with Crippen LogP contribution in [0, 0.1) is 0 Å². The molecule has 2 fully saturated rings. The molecule has 0 saturated carbocycles. The molecule has 0 bridgehead atoms. The highest BCUT2D eigenvalue weighted by Gasteiger charge is 2.25. The molecule has 8 nitrogen and oxygen atoms in total. The Morgan fingerprint density at radius 2 is 2.04 bits per heavy atom. The maximum atomic E-state index is 12.5. The van der Waals surface area contributed by atoms with Crippen LogP contribution in [0.5, 0.6) is 0 Å². The first-order valence-corrected chi connectivity index (χ1v) is 9.57. The Balaban J connectivity index is 1.37. The lowest BCUT2D eigenvalue weighted by molar-refractivity contribution is 0.0467. The van der Waals surface area contributed by atoms with Crippen LogP contribution in [0.2, 0.25) is 0 Å². The van der Waals surface area contributed by atoms with Crippen LogP contribution in [0.4, 0.5) is 16.3 Å². The molecule has 2 aliphatic rings. The average Bonchev–Trinajstić information content (AvgIpc) is 3.19. The highest BCUT2D eigenvalue weighted by atomic mass is 16.5. The fourth-order valence-electron chi connectivity index (χ4n) is 3.68. The van der Waals surface area contributed by atoms with E-state index >= 15 is 0 Å². The molecule has 2 aliphatic heterocycles. The Hall–Kier alpha value is -3.16. The lowest BCUT2D eigenvalue weighted by Gasteiger charge is -2.36. The van der Waals surface area contributed by atoms with E-state index in [1.165, 1.54) is 6.33 Å². The van der Waals surface area contributed by atoms with E-state index in [9.17, 15) is 9.59 Å². The molecule has 8 heteroatoms. The Morgan fingerprint density at radius 3 is 2.75 bits per heavy atom. The zero-order valence-electron chi connectivity index (χ0n) is 15.6. The topological polar surface area (TPSA) is 87.7 Å². The van der Waals surface area contributed by atoms with Crippen LogP contribution >= 0.6 is 0 Å². The summed E-state index contributed by atoms with van der Waals surface area (Å²) in [5.74, 6) is 0.509. The van der Waals surface area contributed by atoms with Crippen molar-refractivity contribution >= 4 is 23.5 Å². The molecule has 0 aliphatic carbocycles. The lowest BCUT2D eigenvalue weighted by Crippen LogP contribution is -2.43. The number of carbonyl (C=O) groups excluding carboxylic acids is 2. The van der Waals surface area contributed by atoms with Gasteiger partial charge >= 0.3 is 12.0 Å². The van der Waals surface area contributed by atoms with Gasteiger partial charge in [0.15, 0.2) is 0 Å². The van der Waals surface area contributed by atoms with Crippen molar-refractivity contribution in [2.75, 3.05) is 36.0 Å². The van der Waals surface area contributed by atoms with E-state index in [1.54, 1.807) is 35.4 Å². The summed E-state index contributed by atoms with van der Waals surface area (Å²) >= 11 is 0. The third-order valence-corrected chi connectivity index (χ3v) is 5.17. The van der Waals surface area contributed by atoms with Crippen LogP contribution in [-0.2, 0) is 4.74 Å². The molecule has 0 unspecified atom stereocenters. The number of amides is 2. The molecule has 146 valence electrons. The number of urea groups is 1. The lowest BCUT2D eigenvalue weighted by atomic mass is 10.0. The molecule has 1 aromatic heterocycles. The van der Waals surface area contributed by atoms with Crippen LogP contribution < -0.4 is 15.1 Å².